The molecule has 2 N–H and O–H groups in total. The lowest BCUT2D eigenvalue weighted by Crippen LogP contribution is -2.19. The number of nitrogens with one attached hydrogen (secondary N) is 1. The molecule has 1 aromatic heterocycles. The number of amides is 1. The van der Waals surface area contributed by atoms with Crippen molar-refractivity contribution in [2.75, 3.05) is 32.2 Å². The Labute approximate surface area is 114 Å². The maximum Gasteiger partial charge on any atom is 0.252 e. The van der Waals surface area contributed by atoms with Crippen molar-refractivity contribution in [1.82, 2.24) is 4.98 Å². The number of anilines is 1. The van der Waals surface area contributed by atoms with E-state index in [2.05, 4.69) is 10.3 Å². The number of hydrogen-bond donors (Lipinski definition) is 2. The fourth-order valence-electron chi connectivity index (χ4n) is 1.47. The quantitative estimate of drug-likeness (QED) is 0.779. The Morgan fingerprint density at radius 1 is 1.53 bits per heavy atom. The number of aliphatic hydroxyl groups is 1. The fourth-order valence-corrected chi connectivity index (χ4v) is 2.38. The molecule has 0 radical (unpaired) electrons. The van der Waals surface area contributed by atoms with E-state index in [1.165, 1.54) is 11.3 Å². The van der Waals surface area contributed by atoms with E-state index in [9.17, 15) is 4.79 Å². The van der Waals surface area contributed by atoms with Gasteiger partial charge >= 0.3 is 0 Å². The van der Waals surface area contributed by atoms with Gasteiger partial charge in [-0.3, -0.25) is 10.1 Å². The molecule has 0 saturated heterocycles. The smallest absolute Gasteiger partial charge is 0.252 e. The van der Waals surface area contributed by atoms with Gasteiger partial charge in [0, 0.05) is 0 Å². The molecule has 1 heterocycles. The van der Waals surface area contributed by atoms with E-state index in [4.69, 9.17) is 14.6 Å². The van der Waals surface area contributed by atoms with Gasteiger partial charge in [0.2, 0.25) is 0 Å². The van der Waals surface area contributed by atoms with Crippen LogP contribution in [0.5, 0.6) is 5.75 Å². The van der Waals surface area contributed by atoms with Gasteiger partial charge in [-0.1, -0.05) is 11.3 Å². The second kappa shape index (κ2) is 6.46. The van der Waals surface area contributed by atoms with Gasteiger partial charge < -0.3 is 14.6 Å². The molecule has 102 valence electrons. The maximum atomic E-state index is 11.5. The largest absolute Gasteiger partial charge is 0.497 e. The molecule has 1 amide bonds. The highest BCUT2D eigenvalue weighted by Crippen LogP contribution is 2.28. The minimum atomic E-state index is -0.292. The number of hydrogen-bond acceptors (Lipinski definition) is 6. The molecule has 2 aromatic rings. The average Bonchev–Trinajstić information content (AvgIpc) is 2.79. The summed E-state index contributed by atoms with van der Waals surface area (Å²) in [5.41, 5.74) is 0.803. The van der Waals surface area contributed by atoms with Crippen LogP contribution >= 0.6 is 11.3 Å². The molecule has 0 atom stereocenters. The highest BCUT2D eigenvalue weighted by Gasteiger charge is 2.08. The zero-order chi connectivity index (χ0) is 13.7. The third-order valence-electron chi connectivity index (χ3n) is 2.31. The summed E-state index contributed by atoms with van der Waals surface area (Å²) < 4.78 is 11.0. The first-order chi connectivity index (χ1) is 9.22. The number of carbonyl (C=O) groups is 1. The van der Waals surface area contributed by atoms with Crippen LogP contribution in [0.4, 0.5) is 5.13 Å². The number of ether oxygens (including phenoxy) is 2. The van der Waals surface area contributed by atoms with Crippen molar-refractivity contribution in [2.24, 2.45) is 0 Å². The Balaban J connectivity index is 2.02. The number of carbonyl (C=O) groups excluding carboxylic acids is 1. The summed E-state index contributed by atoms with van der Waals surface area (Å²) in [5.74, 6) is 0.458. The van der Waals surface area contributed by atoms with Crippen LogP contribution < -0.4 is 10.1 Å². The second-order valence-corrected chi connectivity index (χ2v) is 4.71. The van der Waals surface area contributed by atoms with Gasteiger partial charge in [0.1, 0.15) is 12.4 Å². The van der Waals surface area contributed by atoms with Gasteiger partial charge in [0.25, 0.3) is 5.91 Å². The maximum absolute atomic E-state index is 11.5. The van der Waals surface area contributed by atoms with Crippen LogP contribution in [-0.2, 0) is 9.53 Å². The van der Waals surface area contributed by atoms with Crippen molar-refractivity contribution in [3.05, 3.63) is 18.2 Å². The first-order valence-electron chi connectivity index (χ1n) is 5.66. The van der Waals surface area contributed by atoms with Crippen LogP contribution in [0, 0.1) is 0 Å². The molecule has 2 rings (SSSR count). The Morgan fingerprint density at radius 3 is 3.11 bits per heavy atom. The lowest BCUT2D eigenvalue weighted by molar-refractivity contribution is -0.120. The van der Waals surface area contributed by atoms with Crippen molar-refractivity contribution >= 4 is 32.6 Å². The summed E-state index contributed by atoms with van der Waals surface area (Å²) in [5, 5.41) is 11.7. The number of methoxy groups -OCH3 is 1. The molecular formula is C12H14N2O4S. The fraction of sp³-hybridized carbons (Fsp3) is 0.333. The van der Waals surface area contributed by atoms with Gasteiger partial charge in [-0.05, 0) is 18.2 Å². The van der Waals surface area contributed by atoms with Crippen molar-refractivity contribution < 1.29 is 19.4 Å². The topological polar surface area (TPSA) is 80.7 Å². The molecule has 0 saturated carbocycles. The first kappa shape index (κ1) is 13.7. The van der Waals surface area contributed by atoms with E-state index < -0.39 is 0 Å². The van der Waals surface area contributed by atoms with Crippen LogP contribution in [0.25, 0.3) is 10.2 Å². The number of rotatable bonds is 6. The summed E-state index contributed by atoms with van der Waals surface area (Å²) in [6.45, 7) is -0.0571. The molecule has 6 nitrogen and oxygen atoms in total. The molecule has 0 bridgehead atoms. The molecular weight excluding hydrogens is 268 g/mol. The number of aromatic nitrogens is 1. The van der Waals surface area contributed by atoms with Crippen molar-refractivity contribution in [1.29, 1.82) is 0 Å². The molecule has 0 aliphatic carbocycles. The third kappa shape index (κ3) is 3.63. The number of nitrogens with zero attached hydrogens (tertiary/aromatic N) is 1. The van der Waals surface area contributed by atoms with Crippen LogP contribution in [0.2, 0.25) is 0 Å². The summed E-state index contributed by atoms with van der Waals surface area (Å²) in [7, 11) is 1.60. The third-order valence-corrected chi connectivity index (χ3v) is 3.24. The van der Waals surface area contributed by atoms with Gasteiger partial charge in [-0.15, -0.1) is 0 Å². The van der Waals surface area contributed by atoms with Crippen LogP contribution in [0.1, 0.15) is 0 Å². The van der Waals surface area contributed by atoms with Crippen molar-refractivity contribution in [3.8, 4) is 5.75 Å². The van der Waals surface area contributed by atoms with E-state index in [0.717, 1.165) is 16.0 Å². The molecule has 0 aliphatic rings. The minimum Gasteiger partial charge on any atom is -0.497 e. The SMILES string of the molecule is COc1ccc2nc(NC(=O)COCCO)sc2c1. The summed E-state index contributed by atoms with van der Waals surface area (Å²) in [4.78, 5) is 15.8. The minimum absolute atomic E-state index is 0.0974. The van der Waals surface area contributed by atoms with E-state index >= 15 is 0 Å². The zero-order valence-electron chi connectivity index (χ0n) is 10.4. The monoisotopic (exact) mass is 282 g/mol. The predicted molar refractivity (Wildman–Crippen MR) is 72.7 cm³/mol. The number of aliphatic hydroxyl groups excluding tert-OH is 1. The molecule has 0 spiro atoms. The highest BCUT2D eigenvalue weighted by molar-refractivity contribution is 7.22. The van der Waals surface area contributed by atoms with E-state index in [1.54, 1.807) is 7.11 Å². The molecule has 0 fully saturated rings. The first-order valence-corrected chi connectivity index (χ1v) is 6.47. The van der Waals surface area contributed by atoms with Crippen LogP contribution in [0.15, 0.2) is 18.2 Å². The average molecular weight is 282 g/mol. The van der Waals surface area contributed by atoms with Crippen LogP contribution in [-0.4, -0.2) is 42.9 Å². The Hall–Kier alpha value is -1.70. The molecule has 7 heteroatoms. The summed E-state index contributed by atoms with van der Waals surface area (Å²) in [6, 6.07) is 5.52. The van der Waals surface area contributed by atoms with Gasteiger partial charge in [0.05, 0.1) is 30.5 Å². The zero-order valence-corrected chi connectivity index (χ0v) is 11.2. The van der Waals surface area contributed by atoms with Gasteiger partial charge in [-0.2, -0.15) is 0 Å². The van der Waals surface area contributed by atoms with Crippen LogP contribution in [0.3, 0.4) is 0 Å². The molecule has 1 aromatic carbocycles. The Bertz CT molecular complexity index is 570. The Kier molecular flexibility index (Phi) is 4.67. The summed E-state index contributed by atoms with van der Waals surface area (Å²) in [6.07, 6.45) is 0. The van der Waals surface area contributed by atoms with Crippen molar-refractivity contribution in [2.45, 2.75) is 0 Å². The number of benzene rings is 1. The van der Waals surface area contributed by atoms with E-state index in [1.807, 2.05) is 18.2 Å². The lowest BCUT2D eigenvalue weighted by atomic mass is 10.3. The molecule has 19 heavy (non-hydrogen) atoms. The predicted octanol–water partition coefficient (Wildman–Crippen LogP) is 1.25. The highest BCUT2D eigenvalue weighted by atomic mass is 32.1. The van der Waals surface area contributed by atoms with Crippen molar-refractivity contribution in [3.63, 3.8) is 0 Å². The number of thiazole rings is 1. The van der Waals surface area contributed by atoms with Gasteiger partial charge in [-0.25, -0.2) is 4.98 Å². The standard InChI is InChI=1S/C12H14N2O4S/c1-17-8-2-3-9-10(6-8)19-12(13-9)14-11(16)7-18-5-4-15/h2-3,6,15H,4-5,7H2,1H3,(H,13,14,16). The van der Waals surface area contributed by atoms with Gasteiger partial charge in [0.15, 0.2) is 5.13 Å². The molecule has 0 unspecified atom stereocenters. The lowest BCUT2D eigenvalue weighted by Gasteiger charge is -2.01. The summed E-state index contributed by atoms with van der Waals surface area (Å²) >= 11 is 1.37. The van der Waals surface area contributed by atoms with E-state index in [0.29, 0.717) is 5.13 Å². The Morgan fingerprint density at radius 2 is 2.37 bits per heavy atom. The molecule has 0 aliphatic heterocycles. The number of fused-ring (bicyclic) bond motifs is 1. The normalized spacial score (nSPS) is 10.6. The van der Waals surface area contributed by atoms with E-state index in [-0.39, 0.29) is 25.7 Å². The second-order valence-electron chi connectivity index (χ2n) is 3.68.